The summed E-state index contributed by atoms with van der Waals surface area (Å²) < 4.78 is 0. The molecule has 1 nitrogen and oxygen atoms in total. The number of anilines is 1. The fourth-order valence-corrected chi connectivity index (χ4v) is 3.08. The summed E-state index contributed by atoms with van der Waals surface area (Å²) >= 11 is 6.05. The number of nitrogens with zero attached hydrogens (tertiary/aromatic N) is 1. The van der Waals surface area contributed by atoms with Gasteiger partial charge in [0.15, 0.2) is 0 Å². The van der Waals surface area contributed by atoms with Crippen molar-refractivity contribution in [3.8, 4) is 0 Å². The van der Waals surface area contributed by atoms with Crippen molar-refractivity contribution in [2.75, 3.05) is 11.4 Å². The van der Waals surface area contributed by atoms with Crippen molar-refractivity contribution in [3.05, 3.63) is 29.8 Å². The summed E-state index contributed by atoms with van der Waals surface area (Å²) in [6.45, 7) is 3.47. The summed E-state index contributed by atoms with van der Waals surface area (Å²) in [5.41, 5.74) is 2.64. The number of hydrogen-bond acceptors (Lipinski definition) is 1. The van der Waals surface area contributed by atoms with Crippen LogP contribution in [0.4, 0.5) is 5.69 Å². The third kappa shape index (κ3) is 2.95. The van der Waals surface area contributed by atoms with Crippen LogP contribution in [0.3, 0.4) is 0 Å². The molecule has 1 aliphatic heterocycles. The van der Waals surface area contributed by atoms with Gasteiger partial charge >= 0.3 is 0 Å². The Kier molecular flexibility index (Phi) is 4.73. The summed E-state index contributed by atoms with van der Waals surface area (Å²) in [5, 5.41) is 0. The van der Waals surface area contributed by atoms with Gasteiger partial charge in [0, 0.05) is 24.2 Å². The van der Waals surface area contributed by atoms with Crippen LogP contribution < -0.4 is 4.90 Å². The van der Waals surface area contributed by atoms with Gasteiger partial charge < -0.3 is 4.90 Å². The molecule has 2 heteroatoms. The Labute approximate surface area is 110 Å². The predicted octanol–water partition coefficient (Wildman–Crippen LogP) is 4.58. The Morgan fingerprint density at radius 1 is 1.29 bits per heavy atom. The monoisotopic (exact) mass is 251 g/mol. The van der Waals surface area contributed by atoms with Crippen LogP contribution in [-0.2, 0) is 5.88 Å². The van der Waals surface area contributed by atoms with Gasteiger partial charge in [-0.1, -0.05) is 31.5 Å². The zero-order chi connectivity index (χ0) is 12.1. The van der Waals surface area contributed by atoms with Crippen LogP contribution in [0.15, 0.2) is 24.3 Å². The van der Waals surface area contributed by atoms with Gasteiger partial charge in [0.25, 0.3) is 0 Å². The topological polar surface area (TPSA) is 3.24 Å². The maximum absolute atomic E-state index is 6.05. The van der Waals surface area contributed by atoms with Crippen molar-refractivity contribution in [1.82, 2.24) is 0 Å². The first-order chi connectivity index (χ1) is 8.36. The fraction of sp³-hybridized carbons (Fsp3) is 0.600. The van der Waals surface area contributed by atoms with Crippen LogP contribution in [0.25, 0.3) is 0 Å². The highest BCUT2D eigenvalue weighted by Crippen LogP contribution is 2.30. The van der Waals surface area contributed by atoms with Gasteiger partial charge in [0.05, 0.1) is 0 Å². The van der Waals surface area contributed by atoms with E-state index in [-0.39, 0.29) is 0 Å². The van der Waals surface area contributed by atoms with E-state index in [9.17, 15) is 0 Å². The molecule has 0 spiro atoms. The third-order valence-corrected chi connectivity index (χ3v) is 3.98. The van der Waals surface area contributed by atoms with E-state index >= 15 is 0 Å². The predicted molar refractivity (Wildman–Crippen MR) is 75.9 cm³/mol. The zero-order valence-electron chi connectivity index (χ0n) is 10.7. The quantitative estimate of drug-likeness (QED) is 0.708. The Morgan fingerprint density at radius 3 is 2.88 bits per heavy atom. The van der Waals surface area contributed by atoms with Gasteiger partial charge in [-0.15, -0.1) is 11.6 Å². The van der Waals surface area contributed by atoms with Gasteiger partial charge in [-0.05, 0) is 37.3 Å². The largest absolute Gasteiger partial charge is 0.368 e. The molecule has 2 rings (SSSR count). The van der Waals surface area contributed by atoms with Crippen molar-refractivity contribution in [3.63, 3.8) is 0 Å². The second-order valence-electron chi connectivity index (χ2n) is 4.89. The summed E-state index contributed by atoms with van der Waals surface area (Å²) in [6.07, 6.45) is 6.60. The molecule has 1 heterocycles. The average Bonchev–Trinajstić information content (AvgIpc) is 2.40. The fourth-order valence-electron chi connectivity index (χ4n) is 2.86. The lowest BCUT2D eigenvalue weighted by Crippen LogP contribution is -2.39. The Hall–Kier alpha value is -0.690. The Morgan fingerprint density at radius 2 is 2.12 bits per heavy atom. The number of piperidine rings is 1. The molecule has 1 aromatic rings. The summed E-state index contributed by atoms with van der Waals surface area (Å²) in [7, 11) is 0. The molecule has 0 amide bonds. The van der Waals surface area contributed by atoms with Crippen LogP contribution in [0.1, 0.15) is 44.6 Å². The van der Waals surface area contributed by atoms with E-state index in [0.717, 1.165) is 6.04 Å². The highest BCUT2D eigenvalue weighted by atomic mass is 35.5. The minimum atomic E-state index is 0.617. The van der Waals surface area contributed by atoms with E-state index < -0.39 is 0 Å². The van der Waals surface area contributed by atoms with Gasteiger partial charge in [-0.2, -0.15) is 0 Å². The molecule has 0 aliphatic carbocycles. The van der Waals surface area contributed by atoms with E-state index in [2.05, 4.69) is 36.1 Å². The molecule has 1 atom stereocenters. The molecule has 1 unspecified atom stereocenters. The molecule has 1 saturated heterocycles. The van der Waals surface area contributed by atoms with Crippen LogP contribution >= 0.6 is 11.6 Å². The number of para-hydroxylation sites is 1. The minimum Gasteiger partial charge on any atom is -0.368 e. The summed E-state index contributed by atoms with van der Waals surface area (Å²) in [6, 6.07) is 9.31. The van der Waals surface area contributed by atoms with E-state index in [1.165, 1.54) is 49.9 Å². The van der Waals surface area contributed by atoms with E-state index in [1.54, 1.807) is 0 Å². The maximum atomic E-state index is 6.05. The standard InChI is InChI=1S/C15H22ClN/c1-2-7-14-9-5-6-11-17(14)15-10-4-3-8-13(15)12-16/h3-4,8,10,14H,2,5-7,9,11-12H2,1H3. The van der Waals surface area contributed by atoms with Gasteiger partial charge in [0.1, 0.15) is 0 Å². The molecule has 1 aromatic carbocycles. The van der Waals surface area contributed by atoms with Crippen LogP contribution in [0, 0.1) is 0 Å². The van der Waals surface area contributed by atoms with Gasteiger partial charge in [-0.25, -0.2) is 0 Å². The first-order valence-electron chi connectivity index (χ1n) is 6.77. The second kappa shape index (κ2) is 6.30. The first kappa shape index (κ1) is 12.8. The van der Waals surface area contributed by atoms with E-state index in [0.29, 0.717) is 5.88 Å². The molecule has 0 N–H and O–H groups in total. The number of alkyl halides is 1. The Balaban J connectivity index is 2.22. The summed E-state index contributed by atoms with van der Waals surface area (Å²) in [4.78, 5) is 2.59. The van der Waals surface area contributed by atoms with Gasteiger partial charge in [0.2, 0.25) is 0 Å². The van der Waals surface area contributed by atoms with Crippen LogP contribution in [-0.4, -0.2) is 12.6 Å². The first-order valence-corrected chi connectivity index (χ1v) is 7.30. The van der Waals surface area contributed by atoms with Crippen molar-refractivity contribution in [2.45, 2.75) is 50.9 Å². The zero-order valence-corrected chi connectivity index (χ0v) is 11.4. The molecule has 0 aromatic heterocycles. The summed E-state index contributed by atoms with van der Waals surface area (Å²) in [5.74, 6) is 0.617. The van der Waals surface area contributed by atoms with Crippen LogP contribution in [0.2, 0.25) is 0 Å². The smallest absolute Gasteiger partial charge is 0.0494 e. The minimum absolute atomic E-state index is 0.617. The average molecular weight is 252 g/mol. The highest BCUT2D eigenvalue weighted by Gasteiger charge is 2.23. The van der Waals surface area contributed by atoms with Crippen LogP contribution in [0.5, 0.6) is 0 Å². The molecule has 17 heavy (non-hydrogen) atoms. The number of halogens is 1. The Bertz CT molecular complexity index is 349. The number of rotatable bonds is 4. The lowest BCUT2D eigenvalue weighted by atomic mass is 9.96. The van der Waals surface area contributed by atoms with Crippen molar-refractivity contribution in [2.24, 2.45) is 0 Å². The molecule has 0 saturated carbocycles. The van der Waals surface area contributed by atoms with Crippen molar-refractivity contribution < 1.29 is 0 Å². The molecule has 0 radical (unpaired) electrons. The van der Waals surface area contributed by atoms with E-state index in [4.69, 9.17) is 11.6 Å². The van der Waals surface area contributed by atoms with E-state index in [1.807, 2.05) is 0 Å². The number of benzene rings is 1. The number of hydrogen-bond donors (Lipinski definition) is 0. The van der Waals surface area contributed by atoms with Crippen molar-refractivity contribution >= 4 is 17.3 Å². The highest BCUT2D eigenvalue weighted by molar-refractivity contribution is 6.17. The lowest BCUT2D eigenvalue weighted by Gasteiger charge is -2.38. The molecular weight excluding hydrogens is 230 g/mol. The molecular formula is C15H22ClN. The van der Waals surface area contributed by atoms with Gasteiger partial charge in [-0.3, -0.25) is 0 Å². The SMILES string of the molecule is CCCC1CCCCN1c1ccccc1CCl. The van der Waals surface area contributed by atoms with Crippen molar-refractivity contribution in [1.29, 1.82) is 0 Å². The molecule has 1 aliphatic rings. The normalized spacial score (nSPS) is 20.6. The third-order valence-electron chi connectivity index (χ3n) is 3.69. The second-order valence-corrected chi connectivity index (χ2v) is 5.16. The molecule has 94 valence electrons. The lowest BCUT2D eigenvalue weighted by molar-refractivity contribution is 0.434. The maximum Gasteiger partial charge on any atom is 0.0494 e. The molecule has 0 bridgehead atoms. The molecule has 1 fully saturated rings.